The number of nitrogens with two attached hydrogens (primary N) is 1. The summed E-state index contributed by atoms with van der Waals surface area (Å²) in [5.41, 5.74) is 5.73. The van der Waals surface area contributed by atoms with Crippen LogP contribution in [0.25, 0.3) is 0 Å². The molecule has 2 aliphatic carbocycles. The molecule has 1 aromatic rings. The van der Waals surface area contributed by atoms with Crippen molar-refractivity contribution in [1.29, 1.82) is 0 Å². The van der Waals surface area contributed by atoms with E-state index in [1.807, 2.05) is 13.0 Å². The highest BCUT2D eigenvalue weighted by Gasteiger charge is 2.41. The first kappa shape index (κ1) is 9.87. The number of rotatable bonds is 4. The Bertz CT molecular complexity index is 364. The lowest BCUT2D eigenvalue weighted by Gasteiger charge is -2.18. The molecule has 3 N–H and O–H groups in total. The molecular weight excluding hydrogens is 200 g/mol. The molecule has 0 unspecified atom stereocenters. The van der Waals surface area contributed by atoms with Crippen LogP contribution < -0.4 is 11.1 Å². The van der Waals surface area contributed by atoms with Crippen LogP contribution in [0.4, 0.5) is 11.6 Å². The van der Waals surface area contributed by atoms with Gasteiger partial charge in [-0.2, -0.15) is 0 Å². The van der Waals surface area contributed by atoms with Gasteiger partial charge in [0.15, 0.2) is 0 Å². The molecule has 0 bridgehead atoms. The van der Waals surface area contributed by atoms with Gasteiger partial charge in [0.05, 0.1) is 0 Å². The van der Waals surface area contributed by atoms with Gasteiger partial charge in [0.2, 0.25) is 0 Å². The molecule has 86 valence electrons. The average molecular weight is 218 g/mol. The molecule has 2 saturated carbocycles. The maximum Gasteiger partial charge on any atom is 0.132 e. The van der Waals surface area contributed by atoms with Crippen LogP contribution in [0.1, 0.15) is 31.5 Å². The van der Waals surface area contributed by atoms with E-state index in [-0.39, 0.29) is 0 Å². The molecule has 1 aromatic heterocycles. The fraction of sp³-hybridized carbons (Fsp3) is 0.667. The largest absolute Gasteiger partial charge is 0.384 e. The van der Waals surface area contributed by atoms with Gasteiger partial charge in [-0.1, -0.05) is 0 Å². The standard InChI is InChI=1S/C12H18N4/c1-7-14-10(13)6-11(15-7)16-12(8-2-3-8)9-4-5-9/h6,8-9,12H,2-5H2,1H3,(H3,13,14,15,16). The number of nitrogen functional groups attached to an aromatic ring is 1. The van der Waals surface area contributed by atoms with Gasteiger partial charge < -0.3 is 11.1 Å². The summed E-state index contributed by atoms with van der Waals surface area (Å²) in [6.07, 6.45) is 5.48. The fourth-order valence-corrected chi connectivity index (χ4v) is 2.37. The van der Waals surface area contributed by atoms with Gasteiger partial charge >= 0.3 is 0 Å². The zero-order valence-corrected chi connectivity index (χ0v) is 9.61. The van der Waals surface area contributed by atoms with E-state index in [1.54, 1.807) is 0 Å². The molecule has 0 aliphatic heterocycles. The minimum absolute atomic E-state index is 0.556. The molecule has 1 heterocycles. The van der Waals surface area contributed by atoms with Crippen LogP contribution >= 0.6 is 0 Å². The van der Waals surface area contributed by atoms with Crippen LogP contribution in [-0.4, -0.2) is 16.0 Å². The summed E-state index contributed by atoms with van der Waals surface area (Å²) in [6, 6.07) is 2.46. The predicted octanol–water partition coefficient (Wildman–Crippen LogP) is 1.97. The molecule has 16 heavy (non-hydrogen) atoms. The van der Waals surface area contributed by atoms with Crippen LogP contribution in [0, 0.1) is 18.8 Å². The highest BCUT2D eigenvalue weighted by Crippen LogP contribution is 2.45. The molecule has 4 nitrogen and oxygen atoms in total. The summed E-state index contributed by atoms with van der Waals surface area (Å²) < 4.78 is 0. The Morgan fingerprint density at radius 3 is 2.38 bits per heavy atom. The van der Waals surface area contributed by atoms with Crippen LogP contribution in [-0.2, 0) is 0 Å². The number of hydrogen-bond acceptors (Lipinski definition) is 4. The van der Waals surface area contributed by atoms with Gasteiger partial charge in [-0.25, -0.2) is 9.97 Å². The SMILES string of the molecule is Cc1nc(N)cc(NC(C2CC2)C2CC2)n1. The Morgan fingerprint density at radius 2 is 1.88 bits per heavy atom. The van der Waals surface area contributed by atoms with E-state index < -0.39 is 0 Å². The topological polar surface area (TPSA) is 63.8 Å². The summed E-state index contributed by atoms with van der Waals surface area (Å²) in [5.74, 6) is 3.93. The average Bonchev–Trinajstić information content (AvgIpc) is 3.07. The lowest BCUT2D eigenvalue weighted by atomic mass is 10.1. The molecule has 0 amide bonds. The van der Waals surface area contributed by atoms with Gasteiger partial charge in [0.1, 0.15) is 17.5 Å². The van der Waals surface area contributed by atoms with Crippen molar-refractivity contribution in [3.8, 4) is 0 Å². The van der Waals surface area contributed by atoms with E-state index in [0.717, 1.165) is 23.5 Å². The molecule has 3 rings (SSSR count). The van der Waals surface area contributed by atoms with Crippen LogP contribution in [0.15, 0.2) is 6.07 Å². The van der Waals surface area contributed by atoms with Gasteiger partial charge in [-0.05, 0) is 44.4 Å². The van der Waals surface area contributed by atoms with Crippen molar-refractivity contribution < 1.29 is 0 Å². The van der Waals surface area contributed by atoms with Crippen molar-refractivity contribution in [2.75, 3.05) is 11.1 Å². The van der Waals surface area contributed by atoms with E-state index in [9.17, 15) is 0 Å². The number of anilines is 2. The first-order valence-electron chi connectivity index (χ1n) is 6.10. The van der Waals surface area contributed by atoms with Crippen LogP contribution in [0.5, 0.6) is 0 Å². The second-order valence-corrected chi connectivity index (χ2v) is 5.07. The molecular formula is C12H18N4. The number of hydrogen-bond donors (Lipinski definition) is 2. The Kier molecular flexibility index (Phi) is 2.23. The van der Waals surface area contributed by atoms with E-state index in [0.29, 0.717) is 11.9 Å². The Labute approximate surface area is 95.7 Å². The molecule has 0 spiro atoms. The summed E-state index contributed by atoms with van der Waals surface area (Å²) >= 11 is 0. The smallest absolute Gasteiger partial charge is 0.132 e. The van der Waals surface area contributed by atoms with Crippen molar-refractivity contribution in [3.05, 3.63) is 11.9 Å². The predicted molar refractivity (Wildman–Crippen MR) is 64.0 cm³/mol. The third kappa shape index (κ3) is 2.10. The van der Waals surface area contributed by atoms with Gasteiger partial charge in [-0.15, -0.1) is 0 Å². The van der Waals surface area contributed by atoms with Crippen molar-refractivity contribution in [3.63, 3.8) is 0 Å². The monoisotopic (exact) mass is 218 g/mol. The third-order valence-corrected chi connectivity index (χ3v) is 3.43. The van der Waals surface area contributed by atoms with Crippen molar-refractivity contribution >= 4 is 11.6 Å². The quantitative estimate of drug-likeness (QED) is 0.811. The minimum atomic E-state index is 0.556. The lowest BCUT2D eigenvalue weighted by Crippen LogP contribution is -2.25. The number of nitrogens with one attached hydrogen (secondary N) is 1. The Hall–Kier alpha value is -1.32. The molecule has 0 radical (unpaired) electrons. The summed E-state index contributed by atoms with van der Waals surface area (Å²) in [7, 11) is 0. The molecule has 2 fully saturated rings. The second kappa shape index (κ2) is 3.61. The molecule has 4 heteroatoms. The molecule has 0 saturated heterocycles. The van der Waals surface area contributed by atoms with Crippen molar-refractivity contribution in [2.45, 2.75) is 38.6 Å². The normalized spacial score (nSPS) is 20.1. The molecule has 2 aliphatic rings. The van der Waals surface area contributed by atoms with E-state index >= 15 is 0 Å². The van der Waals surface area contributed by atoms with Gasteiger partial charge in [-0.3, -0.25) is 0 Å². The van der Waals surface area contributed by atoms with E-state index in [2.05, 4.69) is 15.3 Å². The Morgan fingerprint density at radius 1 is 1.25 bits per heavy atom. The van der Waals surface area contributed by atoms with Gasteiger partial charge in [0, 0.05) is 12.1 Å². The van der Waals surface area contributed by atoms with Crippen molar-refractivity contribution in [1.82, 2.24) is 9.97 Å². The highest BCUT2D eigenvalue weighted by atomic mass is 15.1. The first-order valence-corrected chi connectivity index (χ1v) is 6.10. The molecule has 0 atom stereocenters. The highest BCUT2D eigenvalue weighted by molar-refractivity contribution is 5.45. The second-order valence-electron chi connectivity index (χ2n) is 5.07. The number of nitrogens with zero attached hydrogens (tertiary/aromatic N) is 2. The van der Waals surface area contributed by atoms with Crippen molar-refractivity contribution in [2.24, 2.45) is 11.8 Å². The van der Waals surface area contributed by atoms with E-state index in [1.165, 1.54) is 25.7 Å². The summed E-state index contributed by atoms with van der Waals surface area (Å²) in [5, 5.41) is 3.55. The summed E-state index contributed by atoms with van der Waals surface area (Å²) in [6.45, 7) is 1.88. The Balaban J connectivity index is 1.75. The fourth-order valence-electron chi connectivity index (χ4n) is 2.37. The zero-order chi connectivity index (χ0) is 11.1. The van der Waals surface area contributed by atoms with Crippen LogP contribution in [0.3, 0.4) is 0 Å². The summed E-state index contributed by atoms with van der Waals surface area (Å²) in [4.78, 5) is 8.48. The van der Waals surface area contributed by atoms with Gasteiger partial charge in [0.25, 0.3) is 0 Å². The number of aryl methyl sites for hydroxylation is 1. The first-order chi connectivity index (χ1) is 7.72. The minimum Gasteiger partial charge on any atom is -0.384 e. The number of aromatic nitrogens is 2. The van der Waals surface area contributed by atoms with E-state index in [4.69, 9.17) is 5.73 Å². The maximum atomic E-state index is 5.73. The zero-order valence-electron chi connectivity index (χ0n) is 9.61. The third-order valence-electron chi connectivity index (χ3n) is 3.43. The maximum absolute atomic E-state index is 5.73. The van der Waals surface area contributed by atoms with Crippen LogP contribution in [0.2, 0.25) is 0 Å². The molecule has 0 aromatic carbocycles. The lowest BCUT2D eigenvalue weighted by molar-refractivity contribution is 0.565.